The SMILES string of the molecule is CCOC1CC(Nc2ccc(C)c(O)c2C)C1(C)C. The predicted octanol–water partition coefficient (Wildman–Crippen LogP) is 3.62. The van der Waals surface area contributed by atoms with Gasteiger partial charge in [0.05, 0.1) is 6.10 Å². The summed E-state index contributed by atoms with van der Waals surface area (Å²) in [5, 5.41) is 13.5. The largest absolute Gasteiger partial charge is 0.507 e. The molecule has 106 valence electrons. The van der Waals surface area contributed by atoms with E-state index in [1.807, 2.05) is 26.8 Å². The Kier molecular flexibility index (Phi) is 3.77. The minimum atomic E-state index is 0.128. The summed E-state index contributed by atoms with van der Waals surface area (Å²) < 4.78 is 5.74. The van der Waals surface area contributed by atoms with Crippen molar-refractivity contribution in [1.82, 2.24) is 0 Å². The van der Waals surface area contributed by atoms with E-state index in [1.165, 1.54) is 0 Å². The van der Waals surface area contributed by atoms with Crippen molar-refractivity contribution in [1.29, 1.82) is 0 Å². The summed E-state index contributed by atoms with van der Waals surface area (Å²) in [5.74, 6) is 0.392. The molecule has 1 aliphatic carbocycles. The summed E-state index contributed by atoms with van der Waals surface area (Å²) in [6.07, 6.45) is 1.35. The van der Waals surface area contributed by atoms with E-state index in [0.29, 0.717) is 17.9 Å². The lowest BCUT2D eigenvalue weighted by atomic mass is 9.64. The highest BCUT2D eigenvalue weighted by atomic mass is 16.5. The van der Waals surface area contributed by atoms with Gasteiger partial charge >= 0.3 is 0 Å². The monoisotopic (exact) mass is 263 g/mol. The van der Waals surface area contributed by atoms with Gasteiger partial charge in [-0.3, -0.25) is 0 Å². The molecule has 0 heterocycles. The van der Waals surface area contributed by atoms with Crippen LogP contribution >= 0.6 is 0 Å². The minimum absolute atomic E-state index is 0.128. The number of hydrogen-bond donors (Lipinski definition) is 2. The predicted molar refractivity (Wildman–Crippen MR) is 78.8 cm³/mol. The summed E-state index contributed by atoms with van der Waals surface area (Å²) in [6.45, 7) is 11.2. The molecule has 1 aromatic carbocycles. The van der Waals surface area contributed by atoms with Gasteiger partial charge in [0.2, 0.25) is 0 Å². The van der Waals surface area contributed by atoms with E-state index in [2.05, 4.69) is 25.2 Å². The number of benzene rings is 1. The van der Waals surface area contributed by atoms with Gasteiger partial charge in [-0.1, -0.05) is 19.9 Å². The molecule has 3 nitrogen and oxygen atoms in total. The molecule has 2 N–H and O–H groups in total. The first kappa shape index (κ1) is 14.2. The van der Waals surface area contributed by atoms with Crippen LogP contribution in [0.4, 0.5) is 5.69 Å². The summed E-state index contributed by atoms with van der Waals surface area (Å²) in [4.78, 5) is 0. The van der Waals surface area contributed by atoms with Crippen LogP contribution in [0.5, 0.6) is 5.75 Å². The van der Waals surface area contributed by atoms with Gasteiger partial charge in [-0.05, 0) is 38.8 Å². The molecule has 1 aliphatic rings. The van der Waals surface area contributed by atoms with Crippen molar-refractivity contribution in [3.8, 4) is 5.75 Å². The van der Waals surface area contributed by atoms with Crippen LogP contribution in [-0.2, 0) is 4.74 Å². The number of rotatable bonds is 4. The summed E-state index contributed by atoms with van der Waals surface area (Å²) in [6, 6.07) is 4.40. The maximum Gasteiger partial charge on any atom is 0.123 e. The molecule has 2 rings (SSSR count). The van der Waals surface area contributed by atoms with Gasteiger partial charge in [-0.2, -0.15) is 0 Å². The van der Waals surface area contributed by atoms with Crippen molar-refractivity contribution in [2.45, 2.75) is 53.2 Å². The van der Waals surface area contributed by atoms with Crippen LogP contribution in [0.2, 0.25) is 0 Å². The molecule has 19 heavy (non-hydrogen) atoms. The number of hydrogen-bond acceptors (Lipinski definition) is 3. The molecule has 0 spiro atoms. The quantitative estimate of drug-likeness (QED) is 0.871. The van der Waals surface area contributed by atoms with Crippen LogP contribution in [-0.4, -0.2) is 23.9 Å². The number of nitrogens with one attached hydrogen (secondary N) is 1. The molecule has 1 fully saturated rings. The van der Waals surface area contributed by atoms with Crippen LogP contribution < -0.4 is 5.32 Å². The highest BCUT2D eigenvalue weighted by Crippen LogP contribution is 2.45. The maximum absolute atomic E-state index is 9.99. The average molecular weight is 263 g/mol. The second kappa shape index (κ2) is 5.04. The van der Waals surface area contributed by atoms with Crippen LogP contribution in [0.15, 0.2) is 12.1 Å². The van der Waals surface area contributed by atoms with E-state index >= 15 is 0 Å². The van der Waals surface area contributed by atoms with Crippen LogP contribution in [0.1, 0.15) is 38.3 Å². The van der Waals surface area contributed by atoms with Crippen molar-refractivity contribution in [2.75, 3.05) is 11.9 Å². The van der Waals surface area contributed by atoms with E-state index in [0.717, 1.165) is 29.8 Å². The Bertz CT molecular complexity index is 468. The molecule has 0 aromatic heterocycles. The van der Waals surface area contributed by atoms with Gasteiger partial charge in [0.15, 0.2) is 0 Å². The Labute approximate surface area is 116 Å². The second-order valence-electron chi connectivity index (χ2n) is 6.10. The Morgan fingerprint density at radius 1 is 1.37 bits per heavy atom. The lowest BCUT2D eigenvalue weighted by Gasteiger charge is -2.52. The fourth-order valence-corrected chi connectivity index (χ4v) is 2.79. The van der Waals surface area contributed by atoms with Crippen LogP contribution in [0, 0.1) is 19.3 Å². The summed E-state index contributed by atoms with van der Waals surface area (Å²) in [7, 11) is 0. The second-order valence-corrected chi connectivity index (χ2v) is 6.10. The zero-order chi connectivity index (χ0) is 14.2. The first-order valence-corrected chi connectivity index (χ1v) is 7.05. The number of ether oxygens (including phenoxy) is 1. The number of phenols is 1. The van der Waals surface area contributed by atoms with Crippen molar-refractivity contribution in [2.24, 2.45) is 5.41 Å². The van der Waals surface area contributed by atoms with Crippen molar-refractivity contribution in [3.05, 3.63) is 23.3 Å². The topological polar surface area (TPSA) is 41.5 Å². The van der Waals surface area contributed by atoms with E-state index in [-0.39, 0.29) is 5.41 Å². The van der Waals surface area contributed by atoms with Crippen LogP contribution in [0.25, 0.3) is 0 Å². The van der Waals surface area contributed by atoms with Gasteiger partial charge in [-0.25, -0.2) is 0 Å². The zero-order valence-electron chi connectivity index (χ0n) is 12.6. The first-order valence-electron chi connectivity index (χ1n) is 7.05. The molecule has 0 bridgehead atoms. The summed E-state index contributed by atoms with van der Waals surface area (Å²) >= 11 is 0. The standard InChI is InChI=1S/C16H25NO2/c1-6-19-14-9-13(16(14,4)5)17-12-8-7-10(2)15(18)11(12)3/h7-8,13-14,17-18H,6,9H2,1-5H3. The lowest BCUT2D eigenvalue weighted by Crippen LogP contribution is -2.58. The molecular weight excluding hydrogens is 238 g/mol. The summed E-state index contributed by atoms with van der Waals surface area (Å²) in [5.41, 5.74) is 3.00. The lowest BCUT2D eigenvalue weighted by molar-refractivity contribution is -0.0976. The van der Waals surface area contributed by atoms with Crippen molar-refractivity contribution >= 4 is 5.69 Å². The molecule has 3 heteroatoms. The maximum atomic E-state index is 9.99. The van der Waals surface area contributed by atoms with Gasteiger partial charge in [0.1, 0.15) is 5.75 Å². The van der Waals surface area contributed by atoms with E-state index in [9.17, 15) is 5.11 Å². The first-order chi connectivity index (χ1) is 8.87. The van der Waals surface area contributed by atoms with Gasteiger partial charge < -0.3 is 15.2 Å². The third kappa shape index (κ3) is 2.44. The number of aryl methyl sites for hydroxylation is 1. The third-order valence-electron chi connectivity index (χ3n) is 4.51. The molecule has 2 atom stereocenters. The Morgan fingerprint density at radius 2 is 2.05 bits per heavy atom. The van der Waals surface area contributed by atoms with Crippen molar-refractivity contribution < 1.29 is 9.84 Å². The van der Waals surface area contributed by atoms with E-state index in [4.69, 9.17) is 4.74 Å². The Morgan fingerprint density at radius 3 is 2.63 bits per heavy atom. The molecule has 2 unspecified atom stereocenters. The molecule has 0 amide bonds. The third-order valence-corrected chi connectivity index (χ3v) is 4.51. The van der Waals surface area contributed by atoms with E-state index < -0.39 is 0 Å². The molecule has 0 saturated heterocycles. The molecular formula is C16H25NO2. The fraction of sp³-hybridized carbons (Fsp3) is 0.625. The number of phenolic OH excluding ortho intramolecular Hbond substituents is 1. The minimum Gasteiger partial charge on any atom is -0.507 e. The molecule has 0 aliphatic heterocycles. The molecule has 0 radical (unpaired) electrons. The fourth-order valence-electron chi connectivity index (χ4n) is 2.79. The smallest absolute Gasteiger partial charge is 0.123 e. The van der Waals surface area contributed by atoms with Gasteiger partial charge in [-0.15, -0.1) is 0 Å². The number of aromatic hydroxyl groups is 1. The zero-order valence-corrected chi connectivity index (χ0v) is 12.6. The van der Waals surface area contributed by atoms with Crippen LogP contribution in [0.3, 0.4) is 0 Å². The highest BCUT2D eigenvalue weighted by molar-refractivity contribution is 5.60. The van der Waals surface area contributed by atoms with Gasteiger partial charge in [0.25, 0.3) is 0 Å². The molecule has 1 saturated carbocycles. The highest BCUT2D eigenvalue weighted by Gasteiger charge is 2.48. The molecule has 1 aromatic rings. The Balaban J connectivity index is 2.10. The normalized spacial score (nSPS) is 24.9. The Hall–Kier alpha value is -1.22. The van der Waals surface area contributed by atoms with E-state index in [1.54, 1.807) is 0 Å². The average Bonchev–Trinajstić information content (AvgIpc) is 2.37. The number of anilines is 1. The van der Waals surface area contributed by atoms with Gasteiger partial charge in [0, 0.05) is 29.3 Å². The van der Waals surface area contributed by atoms with Crippen molar-refractivity contribution in [3.63, 3.8) is 0 Å².